The highest BCUT2D eigenvalue weighted by molar-refractivity contribution is 9.10. The number of aromatic nitrogens is 2. The van der Waals surface area contributed by atoms with Crippen LogP contribution in [-0.4, -0.2) is 30.2 Å². The van der Waals surface area contributed by atoms with Crippen LogP contribution in [0, 0.1) is 5.41 Å². The number of methoxy groups -OCH3 is 1. The molecule has 0 bridgehead atoms. The molecule has 1 fully saturated rings. The summed E-state index contributed by atoms with van der Waals surface area (Å²) in [5, 5.41) is 0. The van der Waals surface area contributed by atoms with Crippen LogP contribution in [0.5, 0.6) is 5.88 Å². The van der Waals surface area contributed by atoms with E-state index in [4.69, 9.17) is 4.74 Å². The van der Waals surface area contributed by atoms with Crippen LogP contribution in [0.3, 0.4) is 0 Å². The molecule has 0 atom stereocenters. The molecule has 0 spiro atoms. The van der Waals surface area contributed by atoms with E-state index in [-0.39, 0.29) is 0 Å². The van der Waals surface area contributed by atoms with E-state index in [9.17, 15) is 0 Å². The second kappa shape index (κ2) is 4.80. The molecule has 0 N–H and O–H groups in total. The van der Waals surface area contributed by atoms with Crippen LogP contribution in [0.15, 0.2) is 10.7 Å². The molecule has 2 heterocycles. The monoisotopic (exact) mass is 299 g/mol. The van der Waals surface area contributed by atoms with E-state index in [1.54, 1.807) is 13.3 Å². The van der Waals surface area contributed by atoms with E-state index >= 15 is 0 Å². The quantitative estimate of drug-likeness (QED) is 0.842. The lowest BCUT2D eigenvalue weighted by Crippen LogP contribution is -2.38. The summed E-state index contributed by atoms with van der Waals surface area (Å²) in [6, 6.07) is 0. The molecule has 94 valence electrons. The van der Waals surface area contributed by atoms with Gasteiger partial charge in [0.05, 0.1) is 17.8 Å². The van der Waals surface area contributed by atoms with Crippen LogP contribution in [0.4, 0.5) is 5.95 Å². The van der Waals surface area contributed by atoms with Crippen molar-refractivity contribution in [1.29, 1.82) is 0 Å². The Balaban J connectivity index is 2.13. The Hall–Kier alpha value is -0.840. The second-order valence-corrected chi connectivity index (χ2v) is 6.03. The lowest BCUT2D eigenvalue weighted by Gasteiger charge is -2.36. The van der Waals surface area contributed by atoms with Gasteiger partial charge < -0.3 is 9.64 Å². The number of piperidine rings is 1. The van der Waals surface area contributed by atoms with Gasteiger partial charge in [0.2, 0.25) is 11.8 Å². The third-order valence-electron chi connectivity index (χ3n) is 3.29. The zero-order chi connectivity index (χ0) is 12.5. The molecule has 1 aliphatic heterocycles. The molecule has 1 saturated heterocycles. The van der Waals surface area contributed by atoms with E-state index in [0.717, 1.165) is 23.5 Å². The van der Waals surface area contributed by atoms with E-state index in [2.05, 4.69) is 44.6 Å². The minimum atomic E-state index is 0.440. The summed E-state index contributed by atoms with van der Waals surface area (Å²) in [4.78, 5) is 11.0. The Morgan fingerprint density at radius 1 is 1.35 bits per heavy atom. The van der Waals surface area contributed by atoms with Crippen LogP contribution in [0.2, 0.25) is 0 Å². The van der Waals surface area contributed by atoms with Crippen molar-refractivity contribution < 1.29 is 4.74 Å². The summed E-state index contributed by atoms with van der Waals surface area (Å²) >= 11 is 3.36. The van der Waals surface area contributed by atoms with Crippen LogP contribution < -0.4 is 9.64 Å². The molecule has 4 nitrogen and oxygen atoms in total. The van der Waals surface area contributed by atoms with Crippen LogP contribution in [0.25, 0.3) is 0 Å². The van der Waals surface area contributed by atoms with Crippen molar-refractivity contribution in [2.45, 2.75) is 26.7 Å². The van der Waals surface area contributed by atoms with Gasteiger partial charge in [-0.25, -0.2) is 4.98 Å². The van der Waals surface area contributed by atoms with Gasteiger partial charge in [-0.1, -0.05) is 13.8 Å². The largest absolute Gasteiger partial charge is 0.480 e. The van der Waals surface area contributed by atoms with Crippen molar-refractivity contribution in [3.8, 4) is 5.88 Å². The number of halogens is 1. The number of hydrogen-bond donors (Lipinski definition) is 0. The van der Waals surface area contributed by atoms with Crippen molar-refractivity contribution in [3.05, 3.63) is 10.7 Å². The minimum Gasteiger partial charge on any atom is -0.480 e. The highest BCUT2D eigenvalue weighted by Gasteiger charge is 2.26. The fourth-order valence-corrected chi connectivity index (χ4v) is 2.30. The third kappa shape index (κ3) is 2.89. The van der Waals surface area contributed by atoms with Gasteiger partial charge in [0, 0.05) is 13.1 Å². The van der Waals surface area contributed by atoms with Gasteiger partial charge in [0.1, 0.15) is 0 Å². The van der Waals surface area contributed by atoms with Crippen molar-refractivity contribution in [3.63, 3.8) is 0 Å². The van der Waals surface area contributed by atoms with Gasteiger partial charge in [-0.2, -0.15) is 4.98 Å². The first-order chi connectivity index (χ1) is 8.02. The Morgan fingerprint density at radius 2 is 2.00 bits per heavy atom. The molecule has 1 aromatic heterocycles. The molecule has 5 heteroatoms. The fraction of sp³-hybridized carbons (Fsp3) is 0.667. The molecular weight excluding hydrogens is 282 g/mol. The third-order valence-corrected chi connectivity index (χ3v) is 3.84. The molecule has 0 aliphatic carbocycles. The summed E-state index contributed by atoms with van der Waals surface area (Å²) in [5.41, 5.74) is 0.440. The minimum absolute atomic E-state index is 0.440. The van der Waals surface area contributed by atoms with Gasteiger partial charge in [-0.05, 0) is 34.2 Å². The predicted molar refractivity (Wildman–Crippen MR) is 71.5 cm³/mol. The fourth-order valence-electron chi connectivity index (χ4n) is 1.95. The summed E-state index contributed by atoms with van der Waals surface area (Å²) in [6.07, 6.45) is 4.10. The molecule has 1 aromatic rings. The molecule has 17 heavy (non-hydrogen) atoms. The van der Waals surface area contributed by atoms with Crippen molar-refractivity contribution in [2.75, 3.05) is 25.1 Å². The smallest absolute Gasteiger partial charge is 0.232 e. The first-order valence-electron chi connectivity index (χ1n) is 5.83. The number of rotatable bonds is 2. The highest BCUT2D eigenvalue weighted by atomic mass is 79.9. The first-order valence-corrected chi connectivity index (χ1v) is 6.63. The van der Waals surface area contributed by atoms with Crippen LogP contribution in [-0.2, 0) is 0 Å². The molecule has 2 rings (SSSR count). The zero-order valence-corrected chi connectivity index (χ0v) is 12.1. The van der Waals surface area contributed by atoms with Crippen molar-refractivity contribution in [1.82, 2.24) is 9.97 Å². The molecule has 0 saturated carbocycles. The Labute approximate surface area is 111 Å². The number of hydrogen-bond acceptors (Lipinski definition) is 4. The van der Waals surface area contributed by atoms with Crippen LogP contribution in [0.1, 0.15) is 26.7 Å². The molecule has 0 aromatic carbocycles. The Morgan fingerprint density at radius 3 is 2.59 bits per heavy atom. The van der Waals surface area contributed by atoms with E-state index in [1.165, 1.54) is 12.8 Å². The topological polar surface area (TPSA) is 38.2 Å². The maximum Gasteiger partial charge on any atom is 0.232 e. The maximum absolute atomic E-state index is 5.19. The molecule has 0 amide bonds. The average Bonchev–Trinajstić information content (AvgIpc) is 2.30. The summed E-state index contributed by atoms with van der Waals surface area (Å²) < 4.78 is 5.99. The highest BCUT2D eigenvalue weighted by Crippen LogP contribution is 2.32. The standard InChI is InChI=1S/C12H18BrN3O/c1-12(2)4-6-16(7-5-12)11-14-8-9(13)10(15-11)17-3/h8H,4-7H2,1-3H3. The van der Waals surface area contributed by atoms with Crippen molar-refractivity contribution in [2.24, 2.45) is 5.41 Å². The lowest BCUT2D eigenvalue weighted by molar-refractivity contribution is 0.278. The Kier molecular flexibility index (Phi) is 3.56. The normalized spacial score (nSPS) is 19.2. The van der Waals surface area contributed by atoms with Gasteiger partial charge in [-0.3, -0.25) is 0 Å². The van der Waals surface area contributed by atoms with Crippen LogP contribution >= 0.6 is 15.9 Å². The molecule has 0 radical (unpaired) electrons. The predicted octanol–water partition coefficient (Wildman–Crippen LogP) is 2.87. The lowest BCUT2D eigenvalue weighted by atomic mass is 9.83. The number of ether oxygens (including phenoxy) is 1. The van der Waals surface area contributed by atoms with Crippen molar-refractivity contribution >= 4 is 21.9 Å². The maximum atomic E-state index is 5.19. The van der Waals surface area contributed by atoms with Gasteiger partial charge in [0.15, 0.2) is 0 Å². The number of nitrogens with zero attached hydrogens (tertiary/aromatic N) is 3. The number of anilines is 1. The van der Waals surface area contributed by atoms with Gasteiger partial charge in [0.25, 0.3) is 0 Å². The van der Waals surface area contributed by atoms with Gasteiger partial charge >= 0.3 is 0 Å². The van der Waals surface area contributed by atoms with Gasteiger partial charge in [-0.15, -0.1) is 0 Å². The van der Waals surface area contributed by atoms with E-state index in [1.807, 2.05) is 0 Å². The SMILES string of the molecule is COc1nc(N2CCC(C)(C)CC2)ncc1Br. The second-order valence-electron chi connectivity index (χ2n) is 5.18. The van der Waals surface area contributed by atoms with E-state index < -0.39 is 0 Å². The zero-order valence-electron chi connectivity index (χ0n) is 10.5. The molecule has 1 aliphatic rings. The molecular formula is C12H18BrN3O. The first kappa shape index (κ1) is 12.6. The summed E-state index contributed by atoms with van der Waals surface area (Å²) in [6.45, 7) is 6.65. The molecule has 0 unspecified atom stereocenters. The average molecular weight is 300 g/mol. The van der Waals surface area contributed by atoms with E-state index in [0.29, 0.717) is 11.3 Å². The summed E-state index contributed by atoms with van der Waals surface area (Å²) in [5.74, 6) is 1.36. The summed E-state index contributed by atoms with van der Waals surface area (Å²) in [7, 11) is 1.62. The Bertz CT molecular complexity index is 399.